The lowest BCUT2D eigenvalue weighted by Crippen LogP contribution is -2.48. The molecule has 0 aliphatic heterocycles. The molecule has 1 saturated carbocycles. The molecule has 6 heteroatoms. The molecule has 6 nitrogen and oxygen atoms in total. The van der Waals surface area contributed by atoms with Crippen molar-refractivity contribution < 1.29 is 19.4 Å². The summed E-state index contributed by atoms with van der Waals surface area (Å²) in [7, 11) is 0. The molecule has 0 heterocycles. The van der Waals surface area contributed by atoms with Crippen molar-refractivity contribution >= 4 is 12.2 Å². The van der Waals surface area contributed by atoms with Gasteiger partial charge in [-0.15, -0.1) is 6.58 Å². The van der Waals surface area contributed by atoms with Crippen LogP contribution >= 0.6 is 0 Å². The Morgan fingerprint density at radius 2 is 1.95 bits per heavy atom. The molecule has 0 saturated heterocycles. The Balaban J connectivity index is 2.50. The molecule has 1 fully saturated rings. The first-order valence-electron chi connectivity index (χ1n) is 6.83. The van der Waals surface area contributed by atoms with Crippen molar-refractivity contribution in [3.8, 4) is 0 Å². The predicted octanol–water partition coefficient (Wildman–Crippen LogP) is 2.50. The highest BCUT2D eigenvalue weighted by Gasteiger charge is 2.31. The summed E-state index contributed by atoms with van der Waals surface area (Å²) >= 11 is 0. The second-order valence-corrected chi connectivity index (χ2v) is 6.11. The summed E-state index contributed by atoms with van der Waals surface area (Å²) < 4.78 is 5.22. The Morgan fingerprint density at radius 3 is 2.45 bits per heavy atom. The number of hydrogen-bond donors (Lipinski definition) is 3. The largest absolute Gasteiger partial charge is 0.465 e. The summed E-state index contributed by atoms with van der Waals surface area (Å²) in [6.07, 6.45) is 2.32. The summed E-state index contributed by atoms with van der Waals surface area (Å²) in [5, 5.41) is 14.1. The Kier molecular flexibility index (Phi) is 5.42. The van der Waals surface area contributed by atoms with Crippen LogP contribution in [0.25, 0.3) is 0 Å². The number of carbonyl (C=O) groups excluding carboxylic acids is 1. The lowest BCUT2D eigenvalue weighted by molar-refractivity contribution is 0.0482. The summed E-state index contributed by atoms with van der Waals surface area (Å²) in [6, 6.07) is -0.151. The second kappa shape index (κ2) is 6.63. The summed E-state index contributed by atoms with van der Waals surface area (Å²) in [5.74, 6) is 0.0137. The quantitative estimate of drug-likeness (QED) is 0.695. The van der Waals surface area contributed by atoms with Gasteiger partial charge in [0.2, 0.25) is 0 Å². The molecule has 1 aliphatic rings. The maximum Gasteiger partial charge on any atom is 0.407 e. The zero-order valence-electron chi connectivity index (χ0n) is 12.3. The highest BCUT2D eigenvalue weighted by atomic mass is 16.6. The first-order valence-corrected chi connectivity index (χ1v) is 6.83. The molecule has 20 heavy (non-hydrogen) atoms. The van der Waals surface area contributed by atoms with Crippen molar-refractivity contribution in [2.75, 3.05) is 0 Å². The van der Waals surface area contributed by atoms with Crippen molar-refractivity contribution in [3.05, 3.63) is 12.7 Å². The third-order valence-corrected chi connectivity index (χ3v) is 3.23. The molecule has 3 atom stereocenters. The van der Waals surface area contributed by atoms with Crippen molar-refractivity contribution in [1.29, 1.82) is 0 Å². The lowest BCUT2D eigenvalue weighted by atomic mass is 9.81. The molecule has 114 valence electrons. The zero-order valence-corrected chi connectivity index (χ0v) is 12.3. The van der Waals surface area contributed by atoms with Gasteiger partial charge in [0.1, 0.15) is 5.60 Å². The maximum absolute atomic E-state index is 11.7. The first-order chi connectivity index (χ1) is 9.21. The van der Waals surface area contributed by atoms with E-state index in [9.17, 15) is 9.59 Å². The van der Waals surface area contributed by atoms with Gasteiger partial charge in [-0.2, -0.15) is 0 Å². The standard InChI is InChI=1S/C14H24N2O4/c1-5-9-8-10(6-7-11(9)16-12(17)18)15-13(19)20-14(2,3)4/h5,9-11,16H,1,6-8H2,2-4H3,(H,15,19)(H,17,18)/t9-,10+,11-/m0/s1. The number of carboxylic acid groups (broad SMARTS) is 1. The van der Waals surface area contributed by atoms with Gasteiger partial charge in [0, 0.05) is 12.1 Å². The fourth-order valence-corrected chi connectivity index (χ4v) is 2.41. The molecule has 1 aliphatic carbocycles. The van der Waals surface area contributed by atoms with E-state index in [1.807, 2.05) is 20.8 Å². The molecular formula is C14H24N2O4. The summed E-state index contributed by atoms with van der Waals surface area (Å²) in [6.45, 7) is 9.17. The number of alkyl carbamates (subject to hydrolysis) is 1. The van der Waals surface area contributed by atoms with E-state index < -0.39 is 17.8 Å². The van der Waals surface area contributed by atoms with Crippen LogP contribution in [0.3, 0.4) is 0 Å². The average molecular weight is 284 g/mol. The van der Waals surface area contributed by atoms with Gasteiger partial charge in [0.15, 0.2) is 0 Å². The van der Waals surface area contributed by atoms with Gasteiger partial charge in [-0.25, -0.2) is 9.59 Å². The van der Waals surface area contributed by atoms with Crippen LogP contribution in [0.4, 0.5) is 9.59 Å². The van der Waals surface area contributed by atoms with Gasteiger partial charge in [0.05, 0.1) is 0 Å². The molecule has 0 unspecified atom stereocenters. The van der Waals surface area contributed by atoms with E-state index in [0.717, 1.165) is 0 Å². The number of ether oxygens (including phenoxy) is 1. The van der Waals surface area contributed by atoms with Crippen LogP contribution in [0.1, 0.15) is 40.0 Å². The minimum atomic E-state index is -1.03. The first kappa shape index (κ1) is 16.3. The monoisotopic (exact) mass is 284 g/mol. The van der Waals surface area contributed by atoms with Crippen molar-refractivity contribution in [2.45, 2.75) is 57.7 Å². The van der Waals surface area contributed by atoms with E-state index in [4.69, 9.17) is 9.84 Å². The van der Waals surface area contributed by atoms with Gasteiger partial charge in [-0.3, -0.25) is 0 Å². The fourth-order valence-electron chi connectivity index (χ4n) is 2.41. The smallest absolute Gasteiger partial charge is 0.407 e. The van der Waals surface area contributed by atoms with Crippen LogP contribution in [0.2, 0.25) is 0 Å². The van der Waals surface area contributed by atoms with Crippen molar-refractivity contribution in [3.63, 3.8) is 0 Å². The van der Waals surface area contributed by atoms with Crippen LogP contribution in [0.15, 0.2) is 12.7 Å². The topological polar surface area (TPSA) is 87.7 Å². The Hall–Kier alpha value is -1.72. The zero-order chi connectivity index (χ0) is 15.3. The van der Waals surface area contributed by atoms with Gasteiger partial charge >= 0.3 is 12.2 Å². The van der Waals surface area contributed by atoms with E-state index >= 15 is 0 Å². The lowest BCUT2D eigenvalue weighted by Gasteiger charge is -2.35. The molecule has 0 radical (unpaired) electrons. The SMILES string of the molecule is C=C[C@H]1C[C@H](NC(=O)OC(C)(C)C)CC[C@@H]1NC(=O)O. The van der Waals surface area contributed by atoms with Crippen LogP contribution in [-0.4, -0.2) is 35.0 Å². The number of hydrogen-bond acceptors (Lipinski definition) is 3. The third kappa shape index (κ3) is 5.50. The number of nitrogens with one attached hydrogen (secondary N) is 2. The molecule has 0 spiro atoms. The van der Waals surface area contributed by atoms with Crippen molar-refractivity contribution in [2.24, 2.45) is 5.92 Å². The van der Waals surface area contributed by atoms with E-state index in [2.05, 4.69) is 17.2 Å². The summed E-state index contributed by atoms with van der Waals surface area (Å²) in [4.78, 5) is 22.4. The molecule has 3 N–H and O–H groups in total. The third-order valence-electron chi connectivity index (χ3n) is 3.23. The van der Waals surface area contributed by atoms with Gasteiger partial charge < -0.3 is 20.5 Å². The molecule has 0 aromatic heterocycles. The Bertz CT molecular complexity index is 376. The highest BCUT2D eigenvalue weighted by molar-refractivity contribution is 5.68. The van der Waals surface area contributed by atoms with E-state index in [1.165, 1.54) is 0 Å². The molecule has 1 rings (SSSR count). The van der Waals surface area contributed by atoms with Gasteiger partial charge in [-0.1, -0.05) is 6.08 Å². The van der Waals surface area contributed by atoms with Crippen LogP contribution in [-0.2, 0) is 4.74 Å². The number of rotatable bonds is 3. The highest BCUT2D eigenvalue weighted by Crippen LogP contribution is 2.26. The minimum absolute atomic E-state index is 0.0137. The fraction of sp³-hybridized carbons (Fsp3) is 0.714. The van der Waals surface area contributed by atoms with Crippen LogP contribution in [0.5, 0.6) is 0 Å². The minimum Gasteiger partial charge on any atom is -0.465 e. The second-order valence-electron chi connectivity index (χ2n) is 6.11. The van der Waals surface area contributed by atoms with Crippen LogP contribution in [0, 0.1) is 5.92 Å². The Morgan fingerprint density at radius 1 is 1.30 bits per heavy atom. The number of amides is 2. The van der Waals surface area contributed by atoms with Crippen molar-refractivity contribution in [1.82, 2.24) is 10.6 Å². The maximum atomic E-state index is 11.7. The van der Waals surface area contributed by atoms with E-state index in [1.54, 1.807) is 6.08 Å². The van der Waals surface area contributed by atoms with Gasteiger partial charge in [0.25, 0.3) is 0 Å². The molecule has 2 amide bonds. The molecule has 0 aromatic carbocycles. The molecular weight excluding hydrogens is 260 g/mol. The Labute approximate surface area is 119 Å². The van der Waals surface area contributed by atoms with E-state index in [-0.39, 0.29) is 18.0 Å². The molecule has 0 bridgehead atoms. The predicted molar refractivity (Wildman–Crippen MR) is 75.6 cm³/mol. The average Bonchev–Trinajstić information content (AvgIpc) is 2.27. The summed E-state index contributed by atoms with van der Waals surface area (Å²) in [5.41, 5.74) is -0.524. The molecule has 0 aromatic rings. The number of carbonyl (C=O) groups is 2. The normalized spacial score (nSPS) is 26.4. The van der Waals surface area contributed by atoms with E-state index in [0.29, 0.717) is 19.3 Å². The van der Waals surface area contributed by atoms with Crippen LogP contribution < -0.4 is 10.6 Å². The van der Waals surface area contributed by atoms with Gasteiger partial charge in [-0.05, 0) is 46.0 Å².